The van der Waals surface area contributed by atoms with Crippen LogP contribution in [0.15, 0.2) is 73.3 Å². The quantitative estimate of drug-likeness (QED) is 0.387. The molecular weight excluding hydrogens is 348 g/mol. The highest BCUT2D eigenvalue weighted by Crippen LogP contribution is 2.33. The van der Waals surface area contributed by atoms with Crippen molar-refractivity contribution < 1.29 is 14.3 Å². The zero-order chi connectivity index (χ0) is 19.6. The van der Waals surface area contributed by atoms with Crippen molar-refractivity contribution >= 4 is 5.78 Å². The van der Waals surface area contributed by atoms with Crippen LogP contribution in [0, 0.1) is 0 Å². The second kappa shape index (κ2) is 10.9. The van der Waals surface area contributed by atoms with Crippen molar-refractivity contribution in [1.29, 1.82) is 0 Å². The Morgan fingerprint density at radius 2 is 1.64 bits per heavy atom. The lowest BCUT2D eigenvalue weighted by Crippen LogP contribution is -2.35. The largest absolute Gasteiger partial charge is 0.345 e. The first-order chi connectivity index (χ1) is 13.7. The van der Waals surface area contributed by atoms with Gasteiger partial charge in [-0.1, -0.05) is 73.2 Å². The molecule has 0 saturated carbocycles. The monoisotopic (exact) mass is 378 g/mol. The molecule has 148 valence electrons. The number of aryl methyl sites for hydroxylation is 1. The van der Waals surface area contributed by atoms with Gasteiger partial charge < -0.3 is 9.47 Å². The highest BCUT2D eigenvalue weighted by Gasteiger charge is 2.31. The third-order valence-electron chi connectivity index (χ3n) is 5.14. The van der Waals surface area contributed by atoms with E-state index >= 15 is 0 Å². The summed E-state index contributed by atoms with van der Waals surface area (Å²) >= 11 is 0. The summed E-state index contributed by atoms with van der Waals surface area (Å²) in [5.41, 5.74) is 2.39. The van der Waals surface area contributed by atoms with Crippen molar-refractivity contribution in [3.05, 3.63) is 84.4 Å². The lowest BCUT2D eigenvalue weighted by Gasteiger charge is -2.36. The summed E-state index contributed by atoms with van der Waals surface area (Å²) < 4.78 is 12.4. The zero-order valence-electron chi connectivity index (χ0n) is 16.5. The number of Topliss-reactive ketones (excluding diaryl/α,β-unsaturated/α-hetero) is 1. The molecule has 1 fully saturated rings. The van der Waals surface area contributed by atoms with Crippen LogP contribution in [0.25, 0.3) is 0 Å². The number of carbonyl (C=O) groups is 1. The van der Waals surface area contributed by atoms with Crippen molar-refractivity contribution in [1.82, 2.24) is 0 Å². The second-order valence-corrected chi connectivity index (χ2v) is 7.46. The van der Waals surface area contributed by atoms with Crippen LogP contribution in [0.5, 0.6) is 0 Å². The van der Waals surface area contributed by atoms with Crippen LogP contribution in [-0.2, 0) is 20.7 Å². The van der Waals surface area contributed by atoms with E-state index in [0.717, 1.165) is 37.7 Å². The van der Waals surface area contributed by atoms with E-state index in [9.17, 15) is 4.79 Å². The van der Waals surface area contributed by atoms with Gasteiger partial charge in [-0.15, -0.1) is 6.58 Å². The fourth-order valence-corrected chi connectivity index (χ4v) is 3.71. The normalized spacial score (nSPS) is 21.9. The van der Waals surface area contributed by atoms with Crippen LogP contribution < -0.4 is 0 Å². The third-order valence-corrected chi connectivity index (χ3v) is 5.14. The van der Waals surface area contributed by atoms with E-state index in [1.807, 2.05) is 30.3 Å². The molecule has 1 heterocycles. The summed E-state index contributed by atoms with van der Waals surface area (Å²) in [7, 11) is 0. The summed E-state index contributed by atoms with van der Waals surface area (Å²) in [6, 6.07) is 20.6. The molecule has 3 rings (SSSR count). The predicted octanol–water partition coefficient (Wildman–Crippen LogP) is 5.81. The Balaban J connectivity index is 1.55. The molecule has 1 aliphatic heterocycles. The van der Waals surface area contributed by atoms with E-state index < -0.39 is 6.29 Å². The summed E-state index contributed by atoms with van der Waals surface area (Å²) in [5, 5.41) is 0. The van der Waals surface area contributed by atoms with Crippen LogP contribution in [-0.4, -0.2) is 18.0 Å². The van der Waals surface area contributed by atoms with Crippen molar-refractivity contribution in [2.45, 2.75) is 63.4 Å². The standard InChI is InChI=1S/C25H30O3/c1-2-11-22(26)18-24-19-23(17-10-9-14-20-12-5-3-6-13-20)27-25(28-24)21-15-7-4-8-16-21/h2-8,12-13,15-16,23-25H,1,9-11,14,17-19H2/t23-,24+,25-/m1/s1. The lowest BCUT2D eigenvalue weighted by atomic mass is 9.98. The van der Waals surface area contributed by atoms with Crippen LogP contribution >= 0.6 is 0 Å². The Bertz CT molecular complexity index is 726. The molecule has 0 spiro atoms. The summed E-state index contributed by atoms with van der Waals surface area (Å²) in [6.07, 6.45) is 7.23. The van der Waals surface area contributed by atoms with E-state index in [0.29, 0.717) is 12.8 Å². The van der Waals surface area contributed by atoms with E-state index in [4.69, 9.17) is 9.47 Å². The highest BCUT2D eigenvalue weighted by atomic mass is 16.7. The number of ether oxygens (including phenoxy) is 2. The zero-order valence-corrected chi connectivity index (χ0v) is 16.5. The average molecular weight is 379 g/mol. The second-order valence-electron chi connectivity index (χ2n) is 7.46. The van der Waals surface area contributed by atoms with Gasteiger partial charge in [0.05, 0.1) is 12.2 Å². The van der Waals surface area contributed by atoms with Gasteiger partial charge in [0.25, 0.3) is 0 Å². The molecule has 1 aliphatic rings. The molecule has 1 saturated heterocycles. The number of allylic oxidation sites excluding steroid dienone is 1. The van der Waals surface area contributed by atoms with E-state index in [2.05, 4.69) is 36.9 Å². The molecule has 0 radical (unpaired) electrons. The fourth-order valence-electron chi connectivity index (χ4n) is 3.71. The predicted molar refractivity (Wildman–Crippen MR) is 112 cm³/mol. The number of hydrogen-bond donors (Lipinski definition) is 0. The minimum absolute atomic E-state index is 0.0921. The molecule has 0 N–H and O–H groups in total. The topological polar surface area (TPSA) is 35.5 Å². The highest BCUT2D eigenvalue weighted by molar-refractivity contribution is 5.80. The first-order valence-electron chi connectivity index (χ1n) is 10.3. The molecule has 0 bridgehead atoms. The molecule has 3 atom stereocenters. The molecule has 0 aliphatic carbocycles. The number of hydrogen-bond acceptors (Lipinski definition) is 3. The van der Waals surface area contributed by atoms with Crippen LogP contribution in [0.3, 0.4) is 0 Å². The van der Waals surface area contributed by atoms with Crippen molar-refractivity contribution in [3.63, 3.8) is 0 Å². The number of rotatable bonds is 10. The van der Waals surface area contributed by atoms with E-state index in [1.54, 1.807) is 6.08 Å². The number of unbranched alkanes of at least 4 members (excludes halogenated alkanes) is 1. The third kappa shape index (κ3) is 6.43. The molecule has 2 aromatic rings. The minimum atomic E-state index is -0.393. The van der Waals surface area contributed by atoms with Gasteiger partial charge in [0.1, 0.15) is 5.78 Å². The van der Waals surface area contributed by atoms with Gasteiger partial charge in [-0.25, -0.2) is 0 Å². The molecule has 0 amide bonds. The van der Waals surface area contributed by atoms with Gasteiger partial charge in [0.2, 0.25) is 0 Å². The molecule has 3 heteroatoms. The number of benzene rings is 2. The smallest absolute Gasteiger partial charge is 0.184 e. The number of ketones is 1. The first kappa shape index (κ1) is 20.5. The van der Waals surface area contributed by atoms with Crippen LogP contribution in [0.2, 0.25) is 0 Å². The maximum Gasteiger partial charge on any atom is 0.184 e. The Labute approximate surface area is 168 Å². The van der Waals surface area contributed by atoms with Gasteiger partial charge >= 0.3 is 0 Å². The maximum absolute atomic E-state index is 12.1. The fraction of sp³-hybridized carbons (Fsp3) is 0.400. The summed E-state index contributed by atoms with van der Waals surface area (Å²) in [5.74, 6) is 0.177. The average Bonchev–Trinajstić information content (AvgIpc) is 2.73. The van der Waals surface area contributed by atoms with Crippen molar-refractivity contribution in [2.24, 2.45) is 0 Å². The van der Waals surface area contributed by atoms with Gasteiger partial charge in [-0.3, -0.25) is 4.79 Å². The maximum atomic E-state index is 12.1. The summed E-state index contributed by atoms with van der Waals surface area (Å²) in [4.78, 5) is 12.1. The Hall–Kier alpha value is -2.23. The van der Waals surface area contributed by atoms with E-state index in [1.165, 1.54) is 5.56 Å². The van der Waals surface area contributed by atoms with Gasteiger partial charge in [-0.2, -0.15) is 0 Å². The SMILES string of the molecule is C=CCC(=O)C[C@H]1C[C@@H](CCCCc2ccccc2)O[C@@H](c2ccccc2)O1. The molecule has 0 unspecified atom stereocenters. The van der Waals surface area contributed by atoms with Crippen molar-refractivity contribution in [2.75, 3.05) is 0 Å². The van der Waals surface area contributed by atoms with Gasteiger partial charge in [-0.05, 0) is 24.8 Å². The molecule has 2 aromatic carbocycles. The molecule has 28 heavy (non-hydrogen) atoms. The Morgan fingerprint density at radius 1 is 0.964 bits per heavy atom. The summed E-state index contributed by atoms with van der Waals surface area (Å²) in [6.45, 7) is 3.66. The van der Waals surface area contributed by atoms with Crippen LogP contribution in [0.4, 0.5) is 0 Å². The van der Waals surface area contributed by atoms with E-state index in [-0.39, 0.29) is 18.0 Å². The molecular formula is C25H30O3. The van der Waals surface area contributed by atoms with Crippen LogP contribution in [0.1, 0.15) is 55.9 Å². The molecule has 3 nitrogen and oxygen atoms in total. The molecule has 0 aromatic heterocycles. The van der Waals surface area contributed by atoms with Gasteiger partial charge in [0, 0.05) is 24.8 Å². The number of carbonyl (C=O) groups excluding carboxylic acids is 1. The lowest BCUT2D eigenvalue weighted by molar-refractivity contribution is -0.249. The Kier molecular flexibility index (Phi) is 8.01. The minimum Gasteiger partial charge on any atom is -0.345 e. The van der Waals surface area contributed by atoms with Crippen molar-refractivity contribution in [3.8, 4) is 0 Å². The van der Waals surface area contributed by atoms with Gasteiger partial charge in [0.15, 0.2) is 6.29 Å². The Morgan fingerprint density at radius 3 is 2.36 bits per heavy atom. The first-order valence-corrected chi connectivity index (χ1v) is 10.3.